The van der Waals surface area contributed by atoms with Gasteiger partial charge in [-0.15, -0.1) is 0 Å². The number of carbonyl (C=O) groups is 1. The van der Waals surface area contributed by atoms with Gasteiger partial charge >= 0.3 is 5.97 Å². The van der Waals surface area contributed by atoms with Crippen molar-refractivity contribution in [1.29, 1.82) is 0 Å². The molecule has 0 unspecified atom stereocenters. The molecule has 1 aromatic carbocycles. The van der Waals surface area contributed by atoms with Crippen molar-refractivity contribution in [2.24, 2.45) is 0 Å². The van der Waals surface area contributed by atoms with Gasteiger partial charge in [0.1, 0.15) is 5.82 Å². The van der Waals surface area contributed by atoms with E-state index in [-0.39, 0.29) is 11.1 Å². The molecule has 2 aromatic rings. The zero-order chi connectivity index (χ0) is 12.0. The molecule has 17 heavy (non-hydrogen) atoms. The lowest BCUT2D eigenvalue weighted by Gasteiger charge is -2.05. The Labute approximate surface area is 96.3 Å². The van der Waals surface area contributed by atoms with Gasteiger partial charge in [-0.1, -0.05) is 0 Å². The molecular formula is C12H10N2O3. The van der Waals surface area contributed by atoms with Crippen LogP contribution < -0.4 is 5.56 Å². The fourth-order valence-corrected chi connectivity index (χ4v) is 2.22. The van der Waals surface area contributed by atoms with Crippen molar-refractivity contribution in [3.63, 3.8) is 0 Å². The van der Waals surface area contributed by atoms with E-state index in [0.717, 1.165) is 18.7 Å². The summed E-state index contributed by atoms with van der Waals surface area (Å²) in [6.45, 7) is 0.706. The number of hydrogen-bond donors (Lipinski definition) is 1. The molecule has 0 saturated carbocycles. The van der Waals surface area contributed by atoms with E-state index < -0.39 is 5.97 Å². The number of aryl methyl sites for hydroxylation is 1. The molecule has 1 N–H and O–H groups in total. The highest BCUT2D eigenvalue weighted by atomic mass is 16.4. The zero-order valence-electron chi connectivity index (χ0n) is 9.01. The van der Waals surface area contributed by atoms with E-state index in [1.165, 1.54) is 12.1 Å². The van der Waals surface area contributed by atoms with E-state index in [2.05, 4.69) is 4.98 Å². The minimum absolute atomic E-state index is 0.0700. The minimum Gasteiger partial charge on any atom is -0.478 e. The first-order valence-electron chi connectivity index (χ1n) is 5.43. The second kappa shape index (κ2) is 3.41. The van der Waals surface area contributed by atoms with Crippen molar-refractivity contribution < 1.29 is 9.90 Å². The van der Waals surface area contributed by atoms with Crippen molar-refractivity contribution >= 4 is 16.9 Å². The number of fused-ring (bicyclic) bond motifs is 2. The van der Waals surface area contributed by atoms with Gasteiger partial charge in [-0.2, -0.15) is 0 Å². The lowest BCUT2D eigenvalue weighted by atomic mass is 10.1. The van der Waals surface area contributed by atoms with E-state index in [1.807, 2.05) is 0 Å². The third-order valence-electron chi connectivity index (χ3n) is 3.06. The molecule has 0 amide bonds. The van der Waals surface area contributed by atoms with Gasteiger partial charge in [0, 0.05) is 13.0 Å². The molecule has 3 rings (SSSR count). The maximum atomic E-state index is 12.1. The average Bonchev–Trinajstić information content (AvgIpc) is 2.77. The number of carboxylic acid groups (broad SMARTS) is 1. The number of benzene rings is 1. The van der Waals surface area contributed by atoms with Gasteiger partial charge in [0.15, 0.2) is 0 Å². The predicted molar refractivity (Wildman–Crippen MR) is 61.3 cm³/mol. The quantitative estimate of drug-likeness (QED) is 0.794. The van der Waals surface area contributed by atoms with Crippen LogP contribution in [0.25, 0.3) is 10.9 Å². The molecule has 1 aliphatic heterocycles. The maximum Gasteiger partial charge on any atom is 0.335 e. The second-order valence-electron chi connectivity index (χ2n) is 4.13. The van der Waals surface area contributed by atoms with Crippen molar-refractivity contribution in [3.8, 4) is 0 Å². The molecule has 0 spiro atoms. The van der Waals surface area contributed by atoms with Gasteiger partial charge in [0.05, 0.1) is 16.5 Å². The molecule has 0 radical (unpaired) electrons. The summed E-state index contributed by atoms with van der Waals surface area (Å²) in [7, 11) is 0. The van der Waals surface area contributed by atoms with E-state index in [9.17, 15) is 9.59 Å². The SMILES string of the molecule is O=C(O)c1ccc2c(=O)n3c(nc2c1)CCC3. The Morgan fingerprint density at radius 3 is 3.00 bits per heavy atom. The van der Waals surface area contributed by atoms with Crippen molar-refractivity contribution in [3.05, 3.63) is 39.9 Å². The third-order valence-corrected chi connectivity index (χ3v) is 3.06. The van der Waals surface area contributed by atoms with Crippen LogP contribution in [0.5, 0.6) is 0 Å². The zero-order valence-corrected chi connectivity index (χ0v) is 9.01. The number of aromatic nitrogens is 2. The summed E-state index contributed by atoms with van der Waals surface area (Å²) in [4.78, 5) is 27.3. The van der Waals surface area contributed by atoms with Crippen LogP contribution in [0.4, 0.5) is 0 Å². The van der Waals surface area contributed by atoms with Gasteiger partial charge in [0.2, 0.25) is 0 Å². The van der Waals surface area contributed by atoms with Crippen LogP contribution in [-0.4, -0.2) is 20.6 Å². The van der Waals surface area contributed by atoms with E-state index in [0.29, 0.717) is 17.4 Å². The average molecular weight is 230 g/mol. The molecular weight excluding hydrogens is 220 g/mol. The van der Waals surface area contributed by atoms with Crippen molar-refractivity contribution in [2.45, 2.75) is 19.4 Å². The predicted octanol–water partition coefficient (Wildman–Crippen LogP) is 1.04. The summed E-state index contributed by atoms with van der Waals surface area (Å²) < 4.78 is 1.67. The summed E-state index contributed by atoms with van der Waals surface area (Å²) in [6.07, 6.45) is 1.70. The standard InChI is InChI=1S/C12H10N2O3/c15-11-8-4-3-7(12(16)17)6-9(8)13-10-2-1-5-14(10)11/h3-4,6H,1-2,5H2,(H,16,17). The Kier molecular flexibility index (Phi) is 2.01. The Hall–Kier alpha value is -2.17. The highest BCUT2D eigenvalue weighted by Gasteiger charge is 2.16. The molecule has 0 atom stereocenters. The molecule has 1 aromatic heterocycles. The monoisotopic (exact) mass is 230 g/mol. The first kappa shape index (κ1) is 10.0. The summed E-state index contributed by atoms with van der Waals surface area (Å²) in [5.74, 6) is -0.251. The molecule has 0 bridgehead atoms. The first-order chi connectivity index (χ1) is 8.16. The molecule has 5 nitrogen and oxygen atoms in total. The lowest BCUT2D eigenvalue weighted by Crippen LogP contribution is -2.21. The topological polar surface area (TPSA) is 72.2 Å². The Morgan fingerprint density at radius 2 is 2.24 bits per heavy atom. The lowest BCUT2D eigenvalue weighted by molar-refractivity contribution is 0.0697. The van der Waals surface area contributed by atoms with Crippen LogP contribution in [-0.2, 0) is 13.0 Å². The summed E-state index contributed by atoms with van der Waals surface area (Å²) in [5, 5.41) is 9.38. The second-order valence-corrected chi connectivity index (χ2v) is 4.13. The molecule has 86 valence electrons. The summed E-state index contributed by atoms with van der Waals surface area (Å²) in [6, 6.07) is 4.44. The summed E-state index contributed by atoms with van der Waals surface area (Å²) >= 11 is 0. The molecule has 0 fully saturated rings. The number of carboxylic acids is 1. The number of hydrogen-bond acceptors (Lipinski definition) is 3. The Morgan fingerprint density at radius 1 is 1.41 bits per heavy atom. The van der Waals surface area contributed by atoms with Gasteiger partial charge in [-0.3, -0.25) is 9.36 Å². The highest BCUT2D eigenvalue weighted by molar-refractivity contribution is 5.92. The van der Waals surface area contributed by atoms with Crippen LogP contribution >= 0.6 is 0 Å². The van der Waals surface area contributed by atoms with Crippen molar-refractivity contribution in [2.75, 3.05) is 0 Å². The first-order valence-corrected chi connectivity index (χ1v) is 5.43. The van der Waals surface area contributed by atoms with Crippen LogP contribution in [0.2, 0.25) is 0 Å². The van der Waals surface area contributed by atoms with Crippen LogP contribution in [0.1, 0.15) is 22.6 Å². The molecule has 1 aliphatic rings. The number of rotatable bonds is 1. The maximum absolute atomic E-state index is 12.1. The van der Waals surface area contributed by atoms with E-state index in [1.54, 1.807) is 10.6 Å². The van der Waals surface area contributed by atoms with Crippen molar-refractivity contribution in [1.82, 2.24) is 9.55 Å². The minimum atomic E-state index is -1.01. The van der Waals surface area contributed by atoms with Crippen LogP contribution in [0, 0.1) is 0 Å². The summed E-state index contributed by atoms with van der Waals surface area (Å²) in [5.41, 5.74) is 0.565. The fraction of sp³-hybridized carbons (Fsp3) is 0.250. The molecule has 5 heteroatoms. The van der Waals surface area contributed by atoms with Gasteiger partial charge < -0.3 is 5.11 Å². The largest absolute Gasteiger partial charge is 0.478 e. The normalized spacial score (nSPS) is 13.9. The highest BCUT2D eigenvalue weighted by Crippen LogP contribution is 2.16. The smallest absolute Gasteiger partial charge is 0.335 e. The number of nitrogens with zero attached hydrogens (tertiary/aromatic N) is 2. The van der Waals surface area contributed by atoms with Crippen LogP contribution in [0.3, 0.4) is 0 Å². The molecule has 0 aliphatic carbocycles. The van der Waals surface area contributed by atoms with Gasteiger partial charge in [-0.05, 0) is 24.6 Å². The molecule has 0 saturated heterocycles. The number of aromatic carboxylic acids is 1. The molecule has 2 heterocycles. The van der Waals surface area contributed by atoms with E-state index in [4.69, 9.17) is 5.11 Å². The Bertz CT molecular complexity index is 688. The fourth-order valence-electron chi connectivity index (χ4n) is 2.22. The van der Waals surface area contributed by atoms with E-state index >= 15 is 0 Å². The van der Waals surface area contributed by atoms with Gasteiger partial charge in [0.25, 0.3) is 5.56 Å². The van der Waals surface area contributed by atoms with Gasteiger partial charge in [-0.25, -0.2) is 9.78 Å². The Balaban J connectivity index is 2.36. The third kappa shape index (κ3) is 1.43. The van der Waals surface area contributed by atoms with Crippen LogP contribution in [0.15, 0.2) is 23.0 Å².